The highest BCUT2D eigenvalue weighted by molar-refractivity contribution is 6.10. The molecule has 1 aromatic heterocycles. The lowest BCUT2D eigenvalue weighted by Gasteiger charge is -2.14. The van der Waals surface area contributed by atoms with Gasteiger partial charge in [-0.3, -0.25) is 19.2 Å². The second kappa shape index (κ2) is 7.55. The minimum Gasteiger partial charge on any atom is -0.340 e. The Morgan fingerprint density at radius 2 is 1.93 bits per heavy atom. The minimum absolute atomic E-state index is 0.0101. The highest BCUT2D eigenvalue weighted by Crippen LogP contribution is 2.19. The molecule has 0 aliphatic carbocycles. The first-order chi connectivity index (χ1) is 14.0. The number of rotatable bonds is 4. The molecular weight excluding hydrogens is 374 g/mol. The minimum atomic E-state index is -0.829. The van der Waals surface area contributed by atoms with Crippen LogP contribution in [0.15, 0.2) is 53.6 Å². The topological polar surface area (TPSA) is 133 Å². The van der Waals surface area contributed by atoms with E-state index in [-0.39, 0.29) is 36.1 Å². The van der Waals surface area contributed by atoms with Crippen molar-refractivity contribution >= 4 is 40.0 Å². The number of carbonyl (C=O) groups excluding carboxylic acids is 3. The zero-order valence-electron chi connectivity index (χ0n) is 15.2. The summed E-state index contributed by atoms with van der Waals surface area (Å²) in [5.41, 5.74) is 1.48. The summed E-state index contributed by atoms with van der Waals surface area (Å²) in [5, 5.41) is 8.41. The molecule has 146 valence electrons. The van der Waals surface area contributed by atoms with E-state index in [1.165, 1.54) is 12.4 Å². The number of hydrogen-bond donors (Lipinski definition) is 4. The van der Waals surface area contributed by atoms with Crippen molar-refractivity contribution < 1.29 is 14.4 Å². The summed E-state index contributed by atoms with van der Waals surface area (Å²) in [6.07, 6.45) is 1.45. The summed E-state index contributed by atoms with van der Waals surface area (Å²) in [6.45, 7) is 0. The van der Waals surface area contributed by atoms with Crippen molar-refractivity contribution in [3.63, 3.8) is 0 Å². The van der Waals surface area contributed by atoms with Crippen LogP contribution in [0.3, 0.4) is 0 Å². The van der Waals surface area contributed by atoms with Crippen LogP contribution >= 0.6 is 0 Å². The second-order valence-corrected chi connectivity index (χ2v) is 6.61. The molecule has 29 heavy (non-hydrogen) atoms. The van der Waals surface area contributed by atoms with Crippen molar-refractivity contribution in [1.82, 2.24) is 15.3 Å². The number of amides is 3. The van der Waals surface area contributed by atoms with Crippen LogP contribution in [-0.2, 0) is 9.59 Å². The number of fused-ring (bicyclic) bond motifs is 2. The van der Waals surface area contributed by atoms with E-state index in [1.54, 1.807) is 36.4 Å². The number of benzene rings is 2. The number of aromatic amines is 1. The standard InChI is InChI=1S/C20H17N5O4/c26-17(23-11-5-6-14-13(9-11)18(27)22-10-21-14)8-7-16-20(29)24-15-4-2-1-3-12(15)19(28)25-16/h1-6,9-10,16H,7-8H2,(H,23,26)(H,24,29)(H,25,28)(H,21,22,27)/t16-/m1/s1. The maximum atomic E-state index is 12.4. The van der Waals surface area contributed by atoms with Crippen LogP contribution in [-0.4, -0.2) is 33.7 Å². The summed E-state index contributed by atoms with van der Waals surface area (Å²) >= 11 is 0. The van der Waals surface area contributed by atoms with Crippen LogP contribution in [0.1, 0.15) is 23.2 Å². The fourth-order valence-corrected chi connectivity index (χ4v) is 3.16. The summed E-state index contributed by atoms with van der Waals surface area (Å²) < 4.78 is 0. The predicted molar refractivity (Wildman–Crippen MR) is 107 cm³/mol. The van der Waals surface area contributed by atoms with E-state index < -0.39 is 6.04 Å². The monoisotopic (exact) mass is 391 g/mol. The molecule has 0 fully saturated rings. The van der Waals surface area contributed by atoms with E-state index in [9.17, 15) is 19.2 Å². The lowest BCUT2D eigenvalue weighted by Crippen LogP contribution is -2.41. The first kappa shape index (κ1) is 18.4. The molecule has 1 aliphatic heterocycles. The second-order valence-electron chi connectivity index (χ2n) is 6.61. The number of para-hydroxylation sites is 1. The van der Waals surface area contributed by atoms with Gasteiger partial charge in [0.25, 0.3) is 11.5 Å². The van der Waals surface area contributed by atoms with E-state index in [4.69, 9.17) is 0 Å². The van der Waals surface area contributed by atoms with Gasteiger partial charge in [0.15, 0.2) is 0 Å². The van der Waals surface area contributed by atoms with Crippen molar-refractivity contribution in [1.29, 1.82) is 0 Å². The molecule has 3 amide bonds. The molecule has 3 aromatic rings. The smallest absolute Gasteiger partial charge is 0.258 e. The van der Waals surface area contributed by atoms with Gasteiger partial charge in [0, 0.05) is 12.1 Å². The van der Waals surface area contributed by atoms with Gasteiger partial charge in [0.05, 0.1) is 28.5 Å². The molecule has 4 rings (SSSR count). The van der Waals surface area contributed by atoms with Crippen LogP contribution in [0.5, 0.6) is 0 Å². The van der Waals surface area contributed by atoms with Crippen molar-refractivity contribution in [3.8, 4) is 0 Å². The lowest BCUT2D eigenvalue weighted by molar-refractivity contribution is -0.118. The Morgan fingerprint density at radius 1 is 1.10 bits per heavy atom. The zero-order valence-corrected chi connectivity index (χ0v) is 15.2. The fourth-order valence-electron chi connectivity index (χ4n) is 3.16. The molecule has 2 aromatic carbocycles. The summed E-state index contributed by atoms with van der Waals surface area (Å²) in [6, 6.07) is 10.7. The third-order valence-electron chi connectivity index (χ3n) is 4.64. The van der Waals surface area contributed by atoms with Crippen molar-refractivity contribution in [2.75, 3.05) is 10.6 Å². The van der Waals surface area contributed by atoms with Crippen molar-refractivity contribution in [3.05, 3.63) is 64.7 Å². The zero-order chi connectivity index (χ0) is 20.4. The molecule has 1 atom stereocenters. The molecule has 0 saturated heterocycles. The van der Waals surface area contributed by atoms with Gasteiger partial charge in [-0.2, -0.15) is 0 Å². The molecular formula is C20H17N5O4. The lowest BCUT2D eigenvalue weighted by atomic mass is 10.1. The fraction of sp³-hybridized carbons (Fsp3) is 0.150. The van der Waals surface area contributed by atoms with Gasteiger partial charge in [0.2, 0.25) is 11.8 Å². The van der Waals surface area contributed by atoms with E-state index in [0.717, 1.165) is 0 Å². The highest BCUT2D eigenvalue weighted by atomic mass is 16.2. The average Bonchev–Trinajstić information content (AvgIpc) is 2.83. The third kappa shape index (κ3) is 3.84. The molecule has 1 aliphatic rings. The first-order valence-electron chi connectivity index (χ1n) is 8.99. The Bertz CT molecular complexity index is 1190. The number of aromatic nitrogens is 2. The Kier molecular flexibility index (Phi) is 4.78. The normalized spacial score (nSPS) is 15.8. The molecule has 0 bridgehead atoms. The van der Waals surface area contributed by atoms with E-state index in [0.29, 0.717) is 27.8 Å². The summed E-state index contributed by atoms with van der Waals surface area (Å²) in [7, 11) is 0. The Labute approximate surface area is 164 Å². The summed E-state index contributed by atoms with van der Waals surface area (Å²) in [4.78, 5) is 55.4. The predicted octanol–water partition coefficient (Wildman–Crippen LogP) is 1.39. The maximum absolute atomic E-state index is 12.4. The summed E-state index contributed by atoms with van der Waals surface area (Å²) in [5.74, 6) is -1.08. The Balaban J connectivity index is 1.41. The van der Waals surface area contributed by atoms with Gasteiger partial charge in [-0.15, -0.1) is 0 Å². The van der Waals surface area contributed by atoms with Gasteiger partial charge in [-0.25, -0.2) is 4.98 Å². The van der Waals surface area contributed by atoms with Crippen LogP contribution in [0.2, 0.25) is 0 Å². The number of hydrogen-bond acceptors (Lipinski definition) is 5. The molecule has 9 nitrogen and oxygen atoms in total. The van der Waals surface area contributed by atoms with Gasteiger partial charge >= 0.3 is 0 Å². The number of nitrogens with zero attached hydrogens (tertiary/aromatic N) is 1. The quantitative estimate of drug-likeness (QED) is 0.533. The van der Waals surface area contributed by atoms with E-state index >= 15 is 0 Å². The van der Waals surface area contributed by atoms with Gasteiger partial charge in [-0.05, 0) is 36.8 Å². The first-order valence-corrected chi connectivity index (χ1v) is 8.99. The molecule has 9 heteroatoms. The van der Waals surface area contributed by atoms with Gasteiger partial charge < -0.3 is 20.9 Å². The number of nitrogens with one attached hydrogen (secondary N) is 4. The molecule has 4 N–H and O–H groups in total. The SMILES string of the molecule is O=C(CC[C@H]1NC(=O)c2ccccc2NC1=O)Nc1ccc2nc[nH]c(=O)c2c1. The van der Waals surface area contributed by atoms with Crippen LogP contribution in [0.25, 0.3) is 10.9 Å². The Hall–Kier alpha value is -4.01. The third-order valence-corrected chi connectivity index (χ3v) is 4.64. The van der Waals surface area contributed by atoms with Crippen LogP contribution < -0.4 is 21.5 Å². The number of anilines is 2. The molecule has 2 heterocycles. The maximum Gasteiger partial charge on any atom is 0.258 e. The van der Waals surface area contributed by atoms with Crippen LogP contribution in [0.4, 0.5) is 11.4 Å². The molecule has 0 saturated carbocycles. The average molecular weight is 391 g/mol. The number of H-pyrrole nitrogens is 1. The molecule has 0 radical (unpaired) electrons. The molecule has 0 spiro atoms. The van der Waals surface area contributed by atoms with Gasteiger partial charge in [0.1, 0.15) is 6.04 Å². The molecule has 0 unspecified atom stereocenters. The highest BCUT2D eigenvalue weighted by Gasteiger charge is 2.27. The Morgan fingerprint density at radius 3 is 2.79 bits per heavy atom. The van der Waals surface area contributed by atoms with E-state index in [2.05, 4.69) is 25.9 Å². The largest absolute Gasteiger partial charge is 0.340 e. The number of carbonyl (C=O) groups is 3. The van der Waals surface area contributed by atoms with Crippen molar-refractivity contribution in [2.24, 2.45) is 0 Å². The van der Waals surface area contributed by atoms with Gasteiger partial charge in [-0.1, -0.05) is 12.1 Å². The van der Waals surface area contributed by atoms with Crippen LogP contribution in [0, 0.1) is 0 Å². The van der Waals surface area contributed by atoms with Crippen molar-refractivity contribution in [2.45, 2.75) is 18.9 Å². The van der Waals surface area contributed by atoms with E-state index in [1.807, 2.05) is 0 Å².